The van der Waals surface area contributed by atoms with Gasteiger partial charge in [0, 0.05) is 23.1 Å². The average molecular weight is 294 g/mol. The van der Waals surface area contributed by atoms with Gasteiger partial charge in [0.25, 0.3) is 0 Å². The topological polar surface area (TPSA) is 41.1 Å². The van der Waals surface area contributed by atoms with Gasteiger partial charge in [0.05, 0.1) is 6.04 Å². The molecular formula is C14H18N2OS2. The summed E-state index contributed by atoms with van der Waals surface area (Å²) in [6, 6.07) is 6.56. The summed E-state index contributed by atoms with van der Waals surface area (Å²) in [5, 5.41) is 6.22. The highest BCUT2D eigenvalue weighted by Gasteiger charge is 2.22. The predicted octanol–water partition coefficient (Wildman–Crippen LogP) is 2.00. The Morgan fingerprint density at radius 3 is 3.26 bits per heavy atom. The molecule has 1 atom stereocenters. The summed E-state index contributed by atoms with van der Waals surface area (Å²) in [5.74, 6) is 3.12. The van der Waals surface area contributed by atoms with Crippen molar-refractivity contribution >= 4 is 29.4 Å². The molecule has 3 nitrogen and oxygen atoms in total. The summed E-state index contributed by atoms with van der Waals surface area (Å²) >= 11 is 3.72. The Bertz CT molecular complexity index is 473. The highest BCUT2D eigenvalue weighted by molar-refractivity contribution is 7.99. The summed E-state index contributed by atoms with van der Waals surface area (Å²) in [5.41, 5.74) is 2.65. The van der Waals surface area contributed by atoms with E-state index in [-0.39, 0.29) is 11.9 Å². The molecule has 1 fully saturated rings. The molecule has 2 heterocycles. The van der Waals surface area contributed by atoms with Gasteiger partial charge in [0.2, 0.25) is 5.91 Å². The monoisotopic (exact) mass is 294 g/mol. The highest BCUT2D eigenvalue weighted by Crippen LogP contribution is 2.30. The number of carbonyl (C=O) groups is 1. The predicted molar refractivity (Wildman–Crippen MR) is 81.6 cm³/mol. The molecule has 0 spiro atoms. The van der Waals surface area contributed by atoms with Crippen LogP contribution >= 0.6 is 23.5 Å². The largest absolute Gasteiger partial charge is 0.351 e. The number of hydrogen-bond acceptors (Lipinski definition) is 4. The maximum Gasteiger partial charge on any atom is 0.238 e. The van der Waals surface area contributed by atoms with E-state index >= 15 is 0 Å². The van der Waals surface area contributed by atoms with E-state index in [0.29, 0.717) is 6.54 Å². The van der Waals surface area contributed by atoms with Crippen molar-refractivity contribution in [1.82, 2.24) is 10.6 Å². The van der Waals surface area contributed by atoms with Crippen LogP contribution in [-0.4, -0.2) is 29.3 Å². The number of nitrogens with one attached hydrogen (secondary N) is 2. The third kappa shape index (κ3) is 3.27. The summed E-state index contributed by atoms with van der Waals surface area (Å²) in [6.45, 7) is 0.639. The van der Waals surface area contributed by atoms with E-state index in [9.17, 15) is 4.79 Å². The molecule has 1 unspecified atom stereocenters. The molecule has 102 valence electrons. The summed E-state index contributed by atoms with van der Waals surface area (Å²) < 4.78 is 0. The Hall–Kier alpha value is -0.650. The maximum atomic E-state index is 11.9. The molecule has 1 aromatic carbocycles. The molecule has 1 aromatic rings. The molecule has 0 aromatic heterocycles. The van der Waals surface area contributed by atoms with Crippen LogP contribution in [0.1, 0.15) is 17.5 Å². The van der Waals surface area contributed by atoms with E-state index in [1.807, 2.05) is 11.8 Å². The number of carbonyl (C=O) groups excluding carboxylic acids is 1. The average Bonchev–Trinajstić information content (AvgIpc) is 2.99. The normalized spacial score (nSPS) is 22.0. The third-order valence-electron chi connectivity index (χ3n) is 3.47. The number of aryl methyl sites for hydroxylation is 1. The Morgan fingerprint density at radius 1 is 1.47 bits per heavy atom. The van der Waals surface area contributed by atoms with Crippen LogP contribution in [0.15, 0.2) is 23.1 Å². The molecular weight excluding hydrogens is 276 g/mol. The van der Waals surface area contributed by atoms with E-state index < -0.39 is 0 Å². The van der Waals surface area contributed by atoms with Gasteiger partial charge in [-0.3, -0.25) is 10.1 Å². The Labute approximate surface area is 122 Å². The van der Waals surface area contributed by atoms with Gasteiger partial charge in [-0.15, -0.1) is 23.5 Å². The number of amides is 1. The van der Waals surface area contributed by atoms with Crippen LogP contribution in [0.25, 0.3) is 0 Å². The maximum absolute atomic E-state index is 11.9. The van der Waals surface area contributed by atoms with Crippen LogP contribution in [0, 0.1) is 0 Å². The van der Waals surface area contributed by atoms with Gasteiger partial charge in [-0.25, -0.2) is 0 Å². The second-order valence-electron chi connectivity index (χ2n) is 4.88. The van der Waals surface area contributed by atoms with Crippen LogP contribution in [0.3, 0.4) is 0 Å². The lowest BCUT2D eigenvalue weighted by Crippen LogP contribution is -2.41. The Balaban J connectivity index is 1.59. The molecule has 3 rings (SSSR count). The first-order chi connectivity index (χ1) is 9.33. The van der Waals surface area contributed by atoms with E-state index in [0.717, 1.165) is 11.6 Å². The number of benzene rings is 1. The molecule has 2 aliphatic heterocycles. The Morgan fingerprint density at radius 2 is 2.42 bits per heavy atom. The minimum Gasteiger partial charge on any atom is -0.351 e. The number of rotatable bonds is 3. The number of hydrogen-bond donors (Lipinski definition) is 2. The fourth-order valence-electron chi connectivity index (χ4n) is 2.40. The van der Waals surface area contributed by atoms with Crippen molar-refractivity contribution in [3.05, 3.63) is 29.3 Å². The van der Waals surface area contributed by atoms with Crippen LogP contribution in [0.2, 0.25) is 0 Å². The molecule has 2 aliphatic rings. The van der Waals surface area contributed by atoms with Crippen molar-refractivity contribution in [2.45, 2.75) is 30.3 Å². The van der Waals surface area contributed by atoms with Crippen LogP contribution < -0.4 is 10.6 Å². The van der Waals surface area contributed by atoms with Gasteiger partial charge >= 0.3 is 0 Å². The number of fused-ring (bicyclic) bond motifs is 1. The third-order valence-corrected chi connectivity index (χ3v) is 5.61. The van der Waals surface area contributed by atoms with Crippen molar-refractivity contribution < 1.29 is 4.79 Å². The van der Waals surface area contributed by atoms with Gasteiger partial charge in [-0.1, -0.05) is 12.1 Å². The van der Waals surface area contributed by atoms with Crippen molar-refractivity contribution in [1.29, 1.82) is 0 Å². The van der Waals surface area contributed by atoms with Crippen molar-refractivity contribution in [2.75, 3.05) is 17.4 Å². The highest BCUT2D eigenvalue weighted by atomic mass is 32.2. The Kier molecular flexibility index (Phi) is 4.35. The van der Waals surface area contributed by atoms with Gasteiger partial charge in [0.15, 0.2) is 0 Å². The molecule has 0 radical (unpaired) electrons. The quantitative estimate of drug-likeness (QED) is 0.895. The molecule has 19 heavy (non-hydrogen) atoms. The zero-order valence-corrected chi connectivity index (χ0v) is 12.4. The van der Waals surface area contributed by atoms with Crippen molar-refractivity contribution in [3.63, 3.8) is 0 Å². The standard InChI is InChI=1S/C14H18N2OS2/c17-14(12-8-18-9-16-12)15-7-10-3-4-13-11(6-10)2-1-5-19-13/h3-4,6,12,16H,1-2,5,7-9H2,(H,15,17). The SMILES string of the molecule is O=C(NCc1ccc2c(c1)CCCS2)C1CSCN1. The smallest absolute Gasteiger partial charge is 0.238 e. The van der Waals surface area contributed by atoms with E-state index in [1.165, 1.54) is 34.6 Å². The van der Waals surface area contributed by atoms with Gasteiger partial charge in [-0.05, 0) is 35.8 Å². The molecule has 5 heteroatoms. The van der Waals surface area contributed by atoms with Crippen molar-refractivity contribution in [3.8, 4) is 0 Å². The molecule has 0 saturated carbocycles. The minimum atomic E-state index is -0.0156. The van der Waals surface area contributed by atoms with Crippen LogP contribution in [-0.2, 0) is 17.8 Å². The minimum absolute atomic E-state index is 0.0156. The molecule has 1 amide bonds. The molecule has 1 saturated heterocycles. The summed E-state index contributed by atoms with van der Waals surface area (Å²) in [6.07, 6.45) is 2.43. The lowest BCUT2D eigenvalue weighted by Gasteiger charge is -2.16. The summed E-state index contributed by atoms with van der Waals surface area (Å²) in [4.78, 5) is 13.3. The van der Waals surface area contributed by atoms with Gasteiger partial charge < -0.3 is 5.32 Å². The second kappa shape index (κ2) is 6.20. The van der Waals surface area contributed by atoms with Crippen LogP contribution in [0.5, 0.6) is 0 Å². The van der Waals surface area contributed by atoms with Gasteiger partial charge in [0.1, 0.15) is 0 Å². The lowest BCUT2D eigenvalue weighted by atomic mass is 10.1. The second-order valence-corrected chi connectivity index (χ2v) is 7.05. The molecule has 0 aliphatic carbocycles. The number of thioether (sulfide) groups is 2. The lowest BCUT2D eigenvalue weighted by molar-refractivity contribution is -0.122. The molecule has 2 N–H and O–H groups in total. The fourth-order valence-corrected chi connectivity index (χ4v) is 4.36. The first-order valence-electron chi connectivity index (χ1n) is 6.66. The van der Waals surface area contributed by atoms with E-state index in [1.54, 1.807) is 11.8 Å². The van der Waals surface area contributed by atoms with E-state index in [4.69, 9.17) is 0 Å². The van der Waals surface area contributed by atoms with Gasteiger partial charge in [-0.2, -0.15) is 0 Å². The van der Waals surface area contributed by atoms with Crippen molar-refractivity contribution in [2.24, 2.45) is 0 Å². The van der Waals surface area contributed by atoms with E-state index in [2.05, 4.69) is 28.8 Å². The zero-order valence-electron chi connectivity index (χ0n) is 10.8. The zero-order chi connectivity index (χ0) is 13.1. The van der Waals surface area contributed by atoms with Crippen LogP contribution in [0.4, 0.5) is 0 Å². The first-order valence-corrected chi connectivity index (χ1v) is 8.80. The molecule has 0 bridgehead atoms. The fraction of sp³-hybridized carbons (Fsp3) is 0.500. The summed E-state index contributed by atoms with van der Waals surface area (Å²) in [7, 11) is 0. The first kappa shape index (κ1) is 13.3.